The van der Waals surface area contributed by atoms with Gasteiger partial charge in [0, 0.05) is 12.2 Å². The zero-order valence-electron chi connectivity index (χ0n) is 12.5. The van der Waals surface area contributed by atoms with Crippen LogP contribution >= 0.6 is 0 Å². The fraction of sp³-hybridized carbons (Fsp3) is 0.333. The Kier molecular flexibility index (Phi) is 5.05. The van der Waals surface area contributed by atoms with Gasteiger partial charge in [0.1, 0.15) is 5.75 Å². The Balaban J connectivity index is 1.96. The Morgan fingerprint density at radius 1 is 1.05 bits per heavy atom. The number of ether oxygens (including phenoxy) is 1. The average Bonchev–Trinajstić information content (AvgIpc) is 2.46. The maximum absolute atomic E-state index is 5.51. The van der Waals surface area contributed by atoms with Crippen LogP contribution in [-0.4, -0.2) is 6.61 Å². The molecule has 0 radical (unpaired) electrons. The molecule has 2 aromatic carbocycles. The van der Waals surface area contributed by atoms with E-state index in [4.69, 9.17) is 4.74 Å². The maximum Gasteiger partial charge on any atom is 0.119 e. The van der Waals surface area contributed by atoms with Crippen molar-refractivity contribution in [3.63, 3.8) is 0 Å². The molecule has 0 saturated carbocycles. The molecule has 0 atom stereocenters. The highest BCUT2D eigenvalue weighted by Gasteiger charge is 2.00. The highest BCUT2D eigenvalue weighted by Crippen LogP contribution is 2.18. The van der Waals surface area contributed by atoms with Gasteiger partial charge in [-0.3, -0.25) is 0 Å². The predicted octanol–water partition coefficient (Wildman–Crippen LogP) is 4.82. The second-order valence-electron chi connectivity index (χ2n) is 5.21. The van der Waals surface area contributed by atoms with Crippen LogP contribution in [0.3, 0.4) is 0 Å². The molecule has 0 aliphatic carbocycles. The van der Waals surface area contributed by atoms with Gasteiger partial charge in [-0.2, -0.15) is 0 Å². The Hall–Kier alpha value is -1.96. The third kappa shape index (κ3) is 4.02. The fourth-order valence-corrected chi connectivity index (χ4v) is 2.10. The van der Waals surface area contributed by atoms with E-state index in [1.165, 1.54) is 11.1 Å². The SMILES string of the molecule is CCOc1cccc(CNc2ccc(C(C)C)cc2)c1. The molecule has 2 nitrogen and oxygen atoms in total. The Morgan fingerprint density at radius 2 is 1.80 bits per heavy atom. The third-order valence-corrected chi connectivity index (χ3v) is 3.28. The summed E-state index contributed by atoms with van der Waals surface area (Å²) in [5.74, 6) is 1.51. The highest BCUT2D eigenvalue weighted by molar-refractivity contribution is 5.46. The minimum atomic E-state index is 0.576. The molecule has 0 heterocycles. The second-order valence-corrected chi connectivity index (χ2v) is 5.21. The number of rotatable bonds is 6. The maximum atomic E-state index is 5.51. The summed E-state index contributed by atoms with van der Waals surface area (Å²) in [6.07, 6.45) is 0. The van der Waals surface area contributed by atoms with E-state index in [9.17, 15) is 0 Å². The van der Waals surface area contributed by atoms with Crippen LogP contribution in [0, 0.1) is 0 Å². The van der Waals surface area contributed by atoms with Crippen molar-refractivity contribution >= 4 is 5.69 Å². The van der Waals surface area contributed by atoms with Crippen molar-refractivity contribution in [3.05, 3.63) is 59.7 Å². The monoisotopic (exact) mass is 269 g/mol. The van der Waals surface area contributed by atoms with Crippen molar-refractivity contribution in [2.24, 2.45) is 0 Å². The van der Waals surface area contributed by atoms with Gasteiger partial charge in [0.05, 0.1) is 6.61 Å². The van der Waals surface area contributed by atoms with Crippen molar-refractivity contribution in [3.8, 4) is 5.75 Å². The average molecular weight is 269 g/mol. The minimum absolute atomic E-state index is 0.576. The van der Waals surface area contributed by atoms with Crippen molar-refractivity contribution in [1.82, 2.24) is 0 Å². The van der Waals surface area contributed by atoms with E-state index < -0.39 is 0 Å². The molecule has 1 N–H and O–H groups in total. The number of hydrogen-bond acceptors (Lipinski definition) is 2. The Labute approximate surface area is 121 Å². The summed E-state index contributed by atoms with van der Waals surface area (Å²) in [5, 5.41) is 3.44. The lowest BCUT2D eigenvalue weighted by atomic mass is 10.0. The van der Waals surface area contributed by atoms with E-state index in [1.807, 2.05) is 19.1 Å². The quantitative estimate of drug-likeness (QED) is 0.811. The highest BCUT2D eigenvalue weighted by atomic mass is 16.5. The number of nitrogens with one attached hydrogen (secondary N) is 1. The zero-order chi connectivity index (χ0) is 14.4. The smallest absolute Gasteiger partial charge is 0.119 e. The molecule has 20 heavy (non-hydrogen) atoms. The lowest BCUT2D eigenvalue weighted by Crippen LogP contribution is -2.00. The summed E-state index contributed by atoms with van der Waals surface area (Å²) >= 11 is 0. The number of benzene rings is 2. The fourth-order valence-electron chi connectivity index (χ4n) is 2.10. The predicted molar refractivity (Wildman–Crippen MR) is 85.5 cm³/mol. The van der Waals surface area contributed by atoms with Gasteiger partial charge in [-0.1, -0.05) is 38.1 Å². The first-order valence-electron chi connectivity index (χ1n) is 7.24. The van der Waals surface area contributed by atoms with Crippen LogP contribution in [0.15, 0.2) is 48.5 Å². The Bertz CT molecular complexity index is 531. The van der Waals surface area contributed by atoms with E-state index >= 15 is 0 Å². The molecular weight excluding hydrogens is 246 g/mol. The zero-order valence-corrected chi connectivity index (χ0v) is 12.5. The second kappa shape index (κ2) is 6.99. The van der Waals surface area contributed by atoms with E-state index in [2.05, 4.69) is 55.6 Å². The third-order valence-electron chi connectivity index (χ3n) is 3.28. The molecule has 106 valence electrons. The van der Waals surface area contributed by atoms with Crippen molar-refractivity contribution < 1.29 is 4.74 Å². The minimum Gasteiger partial charge on any atom is -0.494 e. The molecule has 0 amide bonds. The molecule has 0 spiro atoms. The summed E-state index contributed by atoms with van der Waals surface area (Å²) in [5.41, 5.74) is 3.74. The molecule has 2 aromatic rings. The Morgan fingerprint density at radius 3 is 2.45 bits per heavy atom. The summed E-state index contributed by atoms with van der Waals surface area (Å²) in [6.45, 7) is 7.93. The lowest BCUT2D eigenvalue weighted by Gasteiger charge is -2.10. The number of hydrogen-bond donors (Lipinski definition) is 1. The largest absolute Gasteiger partial charge is 0.494 e. The molecule has 0 aliphatic heterocycles. The summed E-state index contributed by atoms with van der Waals surface area (Å²) < 4.78 is 5.51. The molecule has 0 fully saturated rings. The molecule has 2 heteroatoms. The van der Waals surface area contributed by atoms with Crippen LogP contribution in [0.2, 0.25) is 0 Å². The van der Waals surface area contributed by atoms with Crippen LogP contribution in [0.1, 0.15) is 37.8 Å². The molecule has 0 saturated heterocycles. The van der Waals surface area contributed by atoms with Gasteiger partial charge < -0.3 is 10.1 Å². The molecule has 0 bridgehead atoms. The molecule has 0 unspecified atom stereocenters. The van der Waals surface area contributed by atoms with Gasteiger partial charge >= 0.3 is 0 Å². The summed E-state index contributed by atoms with van der Waals surface area (Å²) in [6, 6.07) is 16.9. The van der Waals surface area contributed by atoms with Crippen molar-refractivity contribution in [2.75, 3.05) is 11.9 Å². The van der Waals surface area contributed by atoms with Gasteiger partial charge in [-0.25, -0.2) is 0 Å². The van der Waals surface area contributed by atoms with Gasteiger partial charge in [0.25, 0.3) is 0 Å². The normalized spacial score (nSPS) is 10.6. The van der Waals surface area contributed by atoms with E-state index in [-0.39, 0.29) is 0 Å². The van der Waals surface area contributed by atoms with Crippen LogP contribution in [-0.2, 0) is 6.54 Å². The van der Waals surface area contributed by atoms with Crippen molar-refractivity contribution in [1.29, 1.82) is 0 Å². The first kappa shape index (κ1) is 14.4. The number of anilines is 1. The van der Waals surface area contributed by atoms with Crippen molar-refractivity contribution in [2.45, 2.75) is 33.2 Å². The van der Waals surface area contributed by atoms with Gasteiger partial charge in [0.2, 0.25) is 0 Å². The van der Waals surface area contributed by atoms with Crippen LogP contribution in [0.5, 0.6) is 5.75 Å². The summed E-state index contributed by atoms with van der Waals surface area (Å²) in [7, 11) is 0. The van der Waals surface area contributed by atoms with E-state index in [0.29, 0.717) is 12.5 Å². The molecular formula is C18H23NO. The first-order chi connectivity index (χ1) is 9.69. The molecule has 0 aliphatic rings. The van der Waals surface area contributed by atoms with Gasteiger partial charge in [0.15, 0.2) is 0 Å². The van der Waals surface area contributed by atoms with Crippen LogP contribution in [0.4, 0.5) is 5.69 Å². The van der Waals surface area contributed by atoms with E-state index in [0.717, 1.165) is 18.0 Å². The topological polar surface area (TPSA) is 21.3 Å². The first-order valence-corrected chi connectivity index (χ1v) is 7.24. The molecule has 0 aromatic heterocycles. The molecule has 2 rings (SSSR count). The summed E-state index contributed by atoms with van der Waals surface area (Å²) in [4.78, 5) is 0. The van der Waals surface area contributed by atoms with Gasteiger partial charge in [-0.05, 0) is 48.2 Å². The van der Waals surface area contributed by atoms with E-state index in [1.54, 1.807) is 0 Å². The van der Waals surface area contributed by atoms with Gasteiger partial charge in [-0.15, -0.1) is 0 Å². The van der Waals surface area contributed by atoms with Crippen LogP contribution in [0.25, 0.3) is 0 Å². The standard InChI is InChI=1S/C18H23NO/c1-4-20-18-7-5-6-15(12-18)13-19-17-10-8-16(9-11-17)14(2)3/h5-12,14,19H,4,13H2,1-3H3. The van der Waals surface area contributed by atoms with Crippen LogP contribution < -0.4 is 10.1 Å². The lowest BCUT2D eigenvalue weighted by molar-refractivity contribution is 0.340.